The quantitative estimate of drug-likeness (QED) is 0.211. The Kier molecular flexibility index (Phi) is 7.76. The maximum absolute atomic E-state index is 13.0. The molecule has 0 saturated carbocycles. The van der Waals surface area contributed by atoms with Crippen molar-refractivity contribution in [2.75, 3.05) is 22.0 Å². The number of nitrogens with zero attached hydrogens (tertiary/aromatic N) is 2. The van der Waals surface area contributed by atoms with Crippen LogP contribution in [0.2, 0.25) is 0 Å². The standard InChI is InChI=1S/C26H26BrN5O3S/c1-4-35-23-14-7-19(27)16-24(23)36(33,34)32-22-12-10-21(11-13-22)30-26-28-18(3)15-25(31-26)29-20-8-5-17(2)6-9-20/h5-16,32H,4H2,1-3H3,(H2,28,29,30,31). The summed E-state index contributed by atoms with van der Waals surface area (Å²) in [5, 5.41) is 6.45. The van der Waals surface area contributed by atoms with E-state index < -0.39 is 10.0 Å². The first-order valence-electron chi connectivity index (χ1n) is 11.2. The third-order valence-electron chi connectivity index (χ3n) is 5.07. The van der Waals surface area contributed by atoms with Crippen LogP contribution in [0, 0.1) is 13.8 Å². The number of aromatic nitrogens is 2. The van der Waals surface area contributed by atoms with Crippen molar-refractivity contribution in [2.45, 2.75) is 25.7 Å². The van der Waals surface area contributed by atoms with Crippen molar-refractivity contribution in [2.24, 2.45) is 0 Å². The van der Waals surface area contributed by atoms with E-state index in [0.717, 1.165) is 11.4 Å². The maximum atomic E-state index is 13.0. The molecule has 36 heavy (non-hydrogen) atoms. The van der Waals surface area contributed by atoms with Crippen LogP contribution < -0.4 is 20.1 Å². The van der Waals surface area contributed by atoms with E-state index in [1.807, 2.05) is 44.2 Å². The molecule has 0 atom stereocenters. The Hall–Kier alpha value is -3.63. The van der Waals surface area contributed by atoms with Crippen LogP contribution in [-0.2, 0) is 10.0 Å². The van der Waals surface area contributed by atoms with E-state index in [2.05, 4.69) is 41.3 Å². The van der Waals surface area contributed by atoms with Crippen LogP contribution in [0.5, 0.6) is 5.75 Å². The van der Waals surface area contributed by atoms with Crippen molar-refractivity contribution >= 4 is 54.8 Å². The molecule has 0 fully saturated rings. The normalized spacial score (nSPS) is 11.1. The van der Waals surface area contributed by atoms with Crippen molar-refractivity contribution in [3.63, 3.8) is 0 Å². The number of ether oxygens (including phenoxy) is 1. The van der Waals surface area contributed by atoms with Crippen molar-refractivity contribution in [3.8, 4) is 5.75 Å². The predicted molar refractivity (Wildman–Crippen MR) is 147 cm³/mol. The Bertz CT molecular complexity index is 1460. The Morgan fingerprint density at radius 2 is 1.47 bits per heavy atom. The summed E-state index contributed by atoms with van der Waals surface area (Å²) < 4.78 is 34.8. The molecule has 0 amide bonds. The van der Waals surface area contributed by atoms with Crippen molar-refractivity contribution in [1.29, 1.82) is 0 Å². The van der Waals surface area contributed by atoms with Crippen LogP contribution >= 0.6 is 15.9 Å². The van der Waals surface area contributed by atoms with E-state index in [9.17, 15) is 8.42 Å². The molecule has 0 radical (unpaired) electrons. The van der Waals surface area contributed by atoms with Gasteiger partial charge < -0.3 is 15.4 Å². The van der Waals surface area contributed by atoms with Crippen LogP contribution in [0.3, 0.4) is 0 Å². The van der Waals surface area contributed by atoms with Gasteiger partial charge in [-0.3, -0.25) is 4.72 Å². The van der Waals surface area contributed by atoms with Gasteiger partial charge in [0, 0.05) is 33.3 Å². The Balaban J connectivity index is 1.48. The minimum absolute atomic E-state index is 0.0580. The fourth-order valence-corrected chi connectivity index (χ4v) is 5.14. The monoisotopic (exact) mass is 567 g/mol. The summed E-state index contributed by atoms with van der Waals surface area (Å²) in [6.45, 7) is 6.09. The third-order valence-corrected chi connectivity index (χ3v) is 6.96. The van der Waals surface area contributed by atoms with Gasteiger partial charge in [0.2, 0.25) is 5.95 Å². The van der Waals surface area contributed by atoms with Gasteiger partial charge in [0.25, 0.3) is 10.0 Å². The van der Waals surface area contributed by atoms with Crippen LogP contribution in [0.4, 0.5) is 28.8 Å². The Morgan fingerprint density at radius 3 is 2.17 bits per heavy atom. The second kappa shape index (κ2) is 11.0. The van der Waals surface area contributed by atoms with Gasteiger partial charge >= 0.3 is 0 Å². The summed E-state index contributed by atoms with van der Waals surface area (Å²) >= 11 is 3.33. The van der Waals surface area contributed by atoms with Crippen molar-refractivity contribution in [3.05, 3.63) is 88.5 Å². The van der Waals surface area contributed by atoms with Gasteiger partial charge in [0.1, 0.15) is 16.5 Å². The summed E-state index contributed by atoms with van der Waals surface area (Å²) in [6, 6.07) is 21.6. The highest BCUT2D eigenvalue weighted by Gasteiger charge is 2.20. The van der Waals surface area contributed by atoms with Crippen LogP contribution in [-0.4, -0.2) is 25.0 Å². The SMILES string of the molecule is CCOc1ccc(Br)cc1S(=O)(=O)Nc1ccc(Nc2nc(C)cc(Nc3ccc(C)cc3)n2)cc1. The van der Waals surface area contributed by atoms with Gasteiger partial charge in [-0.25, -0.2) is 13.4 Å². The lowest BCUT2D eigenvalue weighted by Gasteiger charge is -2.14. The Labute approximate surface area is 219 Å². The fourth-order valence-electron chi connectivity index (χ4n) is 3.40. The first-order chi connectivity index (χ1) is 17.2. The number of nitrogens with one attached hydrogen (secondary N) is 3. The average molecular weight is 568 g/mol. The summed E-state index contributed by atoms with van der Waals surface area (Å²) in [5.74, 6) is 1.38. The largest absolute Gasteiger partial charge is 0.492 e. The van der Waals surface area contributed by atoms with Crippen LogP contribution in [0.25, 0.3) is 0 Å². The lowest BCUT2D eigenvalue weighted by atomic mass is 10.2. The van der Waals surface area contributed by atoms with Gasteiger partial charge in [-0.15, -0.1) is 0 Å². The molecule has 1 aromatic heterocycles. The molecule has 8 nitrogen and oxygen atoms in total. The van der Waals surface area contributed by atoms with Gasteiger partial charge in [-0.1, -0.05) is 33.6 Å². The summed E-state index contributed by atoms with van der Waals surface area (Å²) in [5.41, 5.74) is 4.03. The highest BCUT2D eigenvalue weighted by Crippen LogP contribution is 2.30. The van der Waals surface area contributed by atoms with E-state index in [1.54, 1.807) is 43.3 Å². The van der Waals surface area contributed by atoms with Gasteiger partial charge in [-0.2, -0.15) is 4.98 Å². The number of sulfonamides is 1. The van der Waals surface area contributed by atoms with E-state index in [0.29, 0.717) is 34.2 Å². The molecule has 4 aromatic rings. The zero-order valence-corrected chi connectivity index (χ0v) is 22.4. The molecule has 0 saturated heterocycles. The second-order valence-corrected chi connectivity index (χ2v) is 10.6. The Morgan fingerprint density at radius 1 is 0.833 bits per heavy atom. The molecule has 3 N–H and O–H groups in total. The zero-order chi connectivity index (χ0) is 25.7. The van der Waals surface area contributed by atoms with Crippen LogP contribution in [0.15, 0.2) is 82.2 Å². The van der Waals surface area contributed by atoms with E-state index >= 15 is 0 Å². The molecule has 0 unspecified atom stereocenters. The number of aryl methyl sites for hydroxylation is 2. The molecule has 0 aliphatic heterocycles. The predicted octanol–water partition coefficient (Wildman–Crippen LogP) is 6.54. The van der Waals surface area contributed by atoms with Crippen molar-refractivity contribution < 1.29 is 13.2 Å². The smallest absolute Gasteiger partial charge is 0.265 e. The first kappa shape index (κ1) is 25.5. The molecule has 0 aliphatic carbocycles. The number of halogens is 1. The van der Waals surface area contributed by atoms with Gasteiger partial charge in [0.15, 0.2) is 0 Å². The lowest BCUT2D eigenvalue weighted by Crippen LogP contribution is -2.14. The summed E-state index contributed by atoms with van der Waals surface area (Å²) in [4.78, 5) is 9.05. The number of rotatable bonds is 9. The molecular weight excluding hydrogens is 542 g/mol. The minimum atomic E-state index is -3.86. The molecule has 3 aromatic carbocycles. The lowest BCUT2D eigenvalue weighted by molar-refractivity contribution is 0.331. The summed E-state index contributed by atoms with van der Waals surface area (Å²) in [7, 11) is -3.86. The second-order valence-electron chi connectivity index (χ2n) is 8.04. The van der Waals surface area contributed by atoms with Gasteiger partial charge in [-0.05, 0) is 75.4 Å². The molecule has 0 aliphatic rings. The van der Waals surface area contributed by atoms with Gasteiger partial charge in [0.05, 0.1) is 6.61 Å². The maximum Gasteiger partial charge on any atom is 0.265 e. The van der Waals surface area contributed by atoms with E-state index in [4.69, 9.17) is 4.74 Å². The minimum Gasteiger partial charge on any atom is -0.492 e. The van der Waals surface area contributed by atoms with E-state index in [1.165, 1.54) is 11.6 Å². The zero-order valence-electron chi connectivity index (χ0n) is 20.0. The average Bonchev–Trinajstić information content (AvgIpc) is 2.82. The summed E-state index contributed by atoms with van der Waals surface area (Å²) in [6.07, 6.45) is 0. The first-order valence-corrected chi connectivity index (χ1v) is 13.5. The highest BCUT2D eigenvalue weighted by molar-refractivity contribution is 9.10. The fraction of sp³-hybridized carbons (Fsp3) is 0.154. The highest BCUT2D eigenvalue weighted by atomic mass is 79.9. The number of hydrogen-bond acceptors (Lipinski definition) is 7. The molecule has 0 spiro atoms. The van der Waals surface area contributed by atoms with E-state index in [-0.39, 0.29) is 10.6 Å². The number of hydrogen-bond donors (Lipinski definition) is 3. The molecule has 1 heterocycles. The van der Waals surface area contributed by atoms with Crippen molar-refractivity contribution in [1.82, 2.24) is 9.97 Å². The number of benzene rings is 3. The van der Waals surface area contributed by atoms with Crippen LogP contribution in [0.1, 0.15) is 18.2 Å². The number of anilines is 5. The molecule has 4 rings (SSSR count). The topological polar surface area (TPSA) is 105 Å². The molecular formula is C26H26BrN5O3S. The molecule has 186 valence electrons. The molecule has 0 bridgehead atoms. The third kappa shape index (κ3) is 6.52. The molecule has 10 heteroatoms.